The number of hydrogen-bond acceptors (Lipinski definition) is 5. The molecule has 1 heterocycles. The fourth-order valence-electron chi connectivity index (χ4n) is 0.791. The van der Waals surface area contributed by atoms with Crippen molar-refractivity contribution in [2.24, 2.45) is 0 Å². The molecule has 12 heavy (non-hydrogen) atoms. The van der Waals surface area contributed by atoms with Crippen LogP contribution in [0.15, 0.2) is 0 Å². The Morgan fingerprint density at radius 3 is 1.92 bits per heavy atom. The summed E-state index contributed by atoms with van der Waals surface area (Å²) in [5.41, 5.74) is 0. The Morgan fingerprint density at radius 2 is 1.67 bits per heavy atom. The first-order valence-corrected chi connectivity index (χ1v) is 3.39. The number of Topliss-reactive ketones (excluding diaryl/α,β-unsaturated/α-hetero) is 3. The van der Waals surface area contributed by atoms with Crippen LogP contribution >= 0.6 is 0 Å². The molecule has 1 aliphatic rings. The third-order valence-corrected chi connectivity index (χ3v) is 1.49. The average molecular weight is 172 g/mol. The predicted octanol–water partition coefficient (Wildman–Crippen LogP) is -0.218. The molecule has 0 aliphatic carbocycles. The number of rotatable bonds is 4. The highest BCUT2D eigenvalue weighted by Crippen LogP contribution is 2.32. The Morgan fingerprint density at radius 1 is 1.17 bits per heavy atom. The summed E-state index contributed by atoms with van der Waals surface area (Å²) in [6.07, 6.45) is -0.334. The number of ketones is 3. The molecule has 0 atom stereocenters. The normalized spacial score (nSPS) is 18.5. The minimum atomic E-state index is -1.76. The first-order valence-electron chi connectivity index (χ1n) is 3.39. The molecular weight excluding hydrogens is 164 g/mol. The van der Waals surface area contributed by atoms with Crippen molar-refractivity contribution in [2.45, 2.75) is 26.1 Å². The van der Waals surface area contributed by atoms with Gasteiger partial charge in [0.05, 0.1) is 6.42 Å². The van der Waals surface area contributed by atoms with Crippen LogP contribution in [0.25, 0.3) is 0 Å². The lowest BCUT2D eigenvalue weighted by Gasteiger charge is -1.98. The number of carbonyl (C=O) groups is 3. The topological polar surface area (TPSA) is 76.3 Å². The maximum Gasteiger partial charge on any atom is 0.348 e. The largest absolute Gasteiger partial charge is 0.348 e. The summed E-state index contributed by atoms with van der Waals surface area (Å²) < 4.78 is 0. The highest BCUT2D eigenvalue weighted by Gasteiger charge is 2.60. The van der Waals surface area contributed by atoms with Gasteiger partial charge in [0.1, 0.15) is 5.78 Å². The van der Waals surface area contributed by atoms with E-state index < -0.39 is 17.4 Å². The van der Waals surface area contributed by atoms with Gasteiger partial charge in [-0.2, -0.15) is 9.78 Å². The van der Waals surface area contributed by atoms with E-state index in [1.807, 2.05) is 0 Å². The van der Waals surface area contributed by atoms with Crippen LogP contribution in [0, 0.1) is 0 Å². The van der Waals surface area contributed by atoms with E-state index in [-0.39, 0.29) is 12.2 Å². The molecule has 0 bridgehead atoms. The molecular formula is C7H8O5. The van der Waals surface area contributed by atoms with Gasteiger partial charge in [-0.05, 0) is 6.92 Å². The Labute approximate surface area is 68.6 Å². The molecule has 5 nitrogen and oxygen atoms in total. The number of hydrogen-bond donors (Lipinski definition) is 0. The van der Waals surface area contributed by atoms with Crippen LogP contribution in [0.4, 0.5) is 0 Å². The van der Waals surface area contributed by atoms with Gasteiger partial charge in [-0.3, -0.25) is 14.4 Å². The molecule has 0 aromatic carbocycles. The SMILES string of the molecule is CC(=O)CC(=O)C1(C(C)=O)OO1. The minimum Gasteiger partial charge on any atom is -0.300 e. The smallest absolute Gasteiger partial charge is 0.300 e. The Hall–Kier alpha value is -1.07. The van der Waals surface area contributed by atoms with E-state index in [1.54, 1.807) is 0 Å². The maximum atomic E-state index is 11.1. The van der Waals surface area contributed by atoms with E-state index in [4.69, 9.17) is 0 Å². The van der Waals surface area contributed by atoms with Crippen LogP contribution in [-0.4, -0.2) is 23.1 Å². The van der Waals surface area contributed by atoms with E-state index in [9.17, 15) is 14.4 Å². The van der Waals surface area contributed by atoms with Gasteiger partial charge in [0.15, 0.2) is 0 Å². The summed E-state index contributed by atoms with van der Waals surface area (Å²) in [7, 11) is 0. The lowest BCUT2D eigenvalue weighted by Crippen LogP contribution is -2.33. The van der Waals surface area contributed by atoms with Crippen LogP contribution in [0.2, 0.25) is 0 Å². The molecule has 0 aromatic rings. The highest BCUT2D eigenvalue weighted by atomic mass is 17.4. The predicted molar refractivity (Wildman–Crippen MR) is 35.9 cm³/mol. The molecule has 0 saturated carbocycles. The van der Waals surface area contributed by atoms with Gasteiger partial charge >= 0.3 is 5.79 Å². The molecule has 0 aromatic heterocycles. The zero-order valence-electron chi connectivity index (χ0n) is 6.75. The number of carbonyl (C=O) groups excluding carboxylic acids is 3. The molecule has 1 rings (SSSR count). The fourth-order valence-corrected chi connectivity index (χ4v) is 0.791. The molecule has 66 valence electrons. The van der Waals surface area contributed by atoms with Crippen molar-refractivity contribution >= 4 is 17.3 Å². The van der Waals surface area contributed by atoms with Gasteiger partial charge in [0, 0.05) is 6.92 Å². The van der Waals surface area contributed by atoms with Crippen LogP contribution in [0.5, 0.6) is 0 Å². The molecule has 0 spiro atoms. The molecule has 0 amide bonds. The van der Waals surface area contributed by atoms with Gasteiger partial charge in [0.25, 0.3) is 0 Å². The zero-order valence-corrected chi connectivity index (χ0v) is 6.75. The van der Waals surface area contributed by atoms with Crippen LogP contribution < -0.4 is 0 Å². The molecule has 0 unspecified atom stereocenters. The van der Waals surface area contributed by atoms with Crippen molar-refractivity contribution in [3.8, 4) is 0 Å². The molecule has 0 N–H and O–H groups in total. The van der Waals surface area contributed by atoms with Crippen molar-refractivity contribution < 1.29 is 24.2 Å². The maximum absolute atomic E-state index is 11.1. The molecule has 1 aliphatic heterocycles. The highest BCUT2D eigenvalue weighted by molar-refractivity contribution is 6.14. The summed E-state index contributed by atoms with van der Waals surface area (Å²) >= 11 is 0. The lowest BCUT2D eigenvalue weighted by molar-refractivity contribution is -0.136. The van der Waals surface area contributed by atoms with Crippen LogP contribution in [0.3, 0.4) is 0 Å². The molecule has 1 saturated heterocycles. The third-order valence-electron chi connectivity index (χ3n) is 1.49. The summed E-state index contributed by atoms with van der Waals surface area (Å²) in [5, 5.41) is 0. The second kappa shape index (κ2) is 2.76. The quantitative estimate of drug-likeness (QED) is 0.333. The van der Waals surface area contributed by atoms with Crippen molar-refractivity contribution in [1.82, 2.24) is 0 Å². The molecule has 5 heteroatoms. The first-order chi connectivity index (χ1) is 5.49. The Bertz CT molecular complexity index is 251. The second-order valence-electron chi connectivity index (χ2n) is 2.64. The molecule has 1 fully saturated rings. The fraction of sp³-hybridized carbons (Fsp3) is 0.571. The third kappa shape index (κ3) is 1.41. The summed E-state index contributed by atoms with van der Waals surface area (Å²) in [5.74, 6) is -3.25. The van der Waals surface area contributed by atoms with Gasteiger partial charge in [0.2, 0.25) is 11.6 Å². The molecule has 0 radical (unpaired) electrons. The van der Waals surface area contributed by atoms with E-state index in [0.717, 1.165) is 0 Å². The summed E-state index contributed by atoms with van der Waals surface area (Å²) in [4.78, 5) is 40.9. The van der Waals surface area contributed by atoms with E-state index in [1.165, 1.54) is 13.8 Å². The summed E-state index contributed by atoms with van der Waals surface area (Å²) in [6, 6.07) is 0. The van der Waals surface area contributed by atoms with Gasteiger partial charge in [-0.1, -0.05) is 0 Å². The Balaban J connectivity index is 2.64. The average Bonchev–Trinajstić information content (AvgIpc) is 2.63. The van der Waals surface area contributed by atoms with E-state index >= 15 is 0 Å². The summed E-state index contributed by atoms with van der Waals surface area (Å²) in [6.45, 7) is 2.43. The lowest BCUT2D eigenvalue weighted by atomic mass is 10.1. The first kappa shape index (κ1) is 9.02. The zero-order chi connectivity index (χ0) is 9.35. The monoisotopic (exact) mass is 172 g/mol. The van der Waals surface area contributed by atoms with Crippen LogP contribution in [-0.2, 0) is 24.2 Å². The van der Waals surface area contributed by atoms with Gasteiger partial charge in [-0.15, -0.1) is 0 Å². The van der Waals surface area contributed by atoms with Crippen molar-refractivity contribution in [3.05, 3.63) is 0 Å². The Kier molecular flexibility index (Phi) is 2.08. The minimum absolute atomic E-state index is 0.320. The van der Waals surface area contributed by atoms with Gasteiger partial charge < -0.3 is 0 Å². The standard InChI is InChI=1S/C7H8O5/c1-4(8)3-6(10)7(5(2)9)11-12-7/h3H2,1-2H3. The van der Waals surface area contributed by atoms with E-state index in [2.05, 4.69) is 9.78 Å². The van der Waals surface area contributed by atoms with Crippen molar-refractivity contribution in [3.63, 3.8) is 0 Å². The van der Waals surface area contributed by atoms with E-state index in [0.29, 0.717) is 0 Å². The van der Waals surface area contributed by atoms with Crippen LogP contribution in [0.1, 0.15) is 20.3 Å². The van der Waals surface area contributed by atoms with Gasteiger partial charge in [-0.25, -0.2) is 0 Å². The van der Waals surface area contributed by atoms with Crippen molar-refractivity contribution in [1.29, 1.82) is 0 Å². The second-order valence-corrected chi connectivity index (χ2v) is 2.64. The van der Waals surface area contributed by atoms with Crippen molar-refractivity contribution in [2.75, 3.05) is 0 Å².